The van der Waals surface area contributed by atoms with Crippen LogP contribution in [0.2, 0.25) is 0 Å². The normalized spacial score (nSPS) is 18.6. The van der Waals surface area contributed by atoms with Gasteiger partial charge in [0.1, 0.15) is 0 Å². The van der Waals surface area contributed by atoms with Crippen LogP contribution in [0.25, 0.3) is 0 Å². The van der Waals surface area contributed by atoms with Crippen LogP contribution in [0.15, 0.2) is 0 Å². The van der Waals surface area contributed by atoms with Crippen molar-refractivity contribution >= 4 is 6.09 Å². The Labute approximate surface area is 73.7 Å². The number of amides is 1. The van der Waals surface area contributed by atoms with E-state index in [1.807, 2.05) is 6.92 Å². The minimum atomic E-state index is -0.197. The van der Waals surface area contributed by atoms with Crippen LogP contribution in [-0.2, 0) is 4.74 Å². The number of hydrogen-bond acceptors (Lipinski definition) is 2. The number of carbonyl (C=O) groups excluding carboxylic acids is 1. The van der Waals surface area contributed by atoms with Crippen molar-refractivity contribution in [2.75, 3.05) is 13.7 Å². The van der Waals surface area contributed by atoms with Gasteiger partial charge in [-0.3, -0.25) is 0 Å². The highest BCUT2D eigenvalue weighted by molar-refractivity contribution is 5.67. The fourth-order valence-corrected chi connectivity index (χ4v) is 1.29. The average molecular weight is 171 g/mol. The van der Waals surface area contributed by atoms with Crippen LogP contribution < -0.4 is 0 Å². The first-order valence-corrected chi connectivity index (χ1v) is 4.56. The van der Waals surface area contributed by atoms with E-state index >= 15 is 0 Å². The SMILES string of the molecule is CCOC(=O)N(C)[C@H](C)C1CC1. The first-order chi connectivity index (χ1) is 5.66. The molecule has 0 bridgehead atoms. The predicted octanol–water partition coefficient (Wildman–Crippen LogP) is 1.87. The third-order valence-electron chi connectivity index (χ3n) is 2.47. The first kappa shape index (κ1) is 9.36. The number of ether oxygens (including phenoxy) is 1. The quantitative estimate of drug-likeness (QED) is 0.648. The number of nitrogens with zero attached hydrogens (tertiary/aromatic N) is 1. The summed E-state index contributed by atoms with van der Waals surface area (Å²) in [5.74, 6) is 0.708. The molecule has 0 saturated heterocycles. The Morgan fingerprint density at radius 1 is 1.67 bits per heavy atom. The second-order valence-electron chi connectivity index (χ2n) is 3.39. The minimum Gasteiger partial charge on any atom is -0.450 e. The van der Waals surface area contributed by atoms with Gasteiger partial charge in [0.2, 0.25) is 0 Å². The molecule has 1 rings (SSSR count). The van der Waals surface area contributed by atoms with Crippen molar-refractivity contribution in [2.24, 2.45) is 5.92 Å². The molecule has 0 heterocycles. The highest BCUT2D eigenvalue weighted by atomic mass is 16.6. The summed E-state index contributed by atoms with van der Waals surface area (Å²) in [6.07, 6.45) is 2.31. The molecule has 0 spiro atoms. The summed E-state index contributed by atoms with van der Waals surface area (Å²) in [7, 11) is 1.81. The predicted molar refractivity (Wildman–Crippen MR) is 47.0 cm³/mol. The summed E-state index contributed by atoms with van der Waals surface area (Å²) in [5.41, 5.74) is 0. The zero-order valence-corrected chi connectivity index (χ0v) is 8.04. The van der Waals surface area contributed by atoms with Gasteiger partial charge in [-0.1, -0.05) is 0 Å². The zero-order valence-electron chi connectivity index (χ0n) is 8.04. The molecule has 3 nitrogen and oxygen atoms in total. The second kappa shape index (κ2) is 3.78. The van der Waals surface area contributed by atoms with Gasteiger partial charge < -0.3 is 9.64 Å². The van der Waals surface area contributed by atoms with E-state index < -0.39 is 0 Å². The van der Waals surface area contributed by atoms with E-state index in [-0.39, 0.29) is 6.09 Å². The van der Waals surface area contributed by atoms with Gasteiger partial charge in [0, 0.05) is 13.1 Å². The Hall–Kier alpha value is -0.730. The van der Waals surface area contributed by atoms with Gasteiger partial charge in [-0.05, 0) is 32.6 Å². The summed E-state index contributed by atoms with van der Waals surface area (Å²) in [6, 6.07) is 0.337. The number of rotatable bonds is 3. The maximum atomic E-state index is 11.2. The molecule has 0 aliphatic heterocycles. The van der Waals surface area contributed by atoms with Crippen LogP contribution in [0.3, 0.4) is 0 Å². The Kier molecular flexibility index (Phi) is 2.95. The van der Waals surface area contributed by atoms with Gasteiger partial charge >= 0.3 is 6.09 Å². The van der Waals surface area contributed by atoms with E-state index in [1.54, 1.807) is 11.9 Å². The van der Waals surface area contributed by atoms with Crippen LogP contribution in [0.1, 0.15) is 26.7 Å². The van der Waals surface area contributed by atoms with Crippen molar-refractivity contribution in [2.45, 2.75) is 32.7 Å². The second-order valence-corrected chi connectivity index (χ2v) is 3.39. The zero-order chi connectivity index (χ0) is 9.14. The molecule has 0 unspecified atom stereocenters. The highest BCUT2D eigenvalue weighted by Gasteiger charge is 2.32. The standard InChI is InChI=1S/C9H17NO2/c1-4-12-9(11)10(3)7(2)8-5-6-8/h7-8H,4-6H2,1-3H3/t7-/m1/s1. The monoisotopic (exact) mass is 171 g/mol. The summed E-state index contributed by atoms with van der Waals surface area (Å²) in [4.78, 5) is 12.9. The molecule has 0 aromatic rings. The van der Waals surface area contributed by atoms with Crippen molar-refractivity contribution < 1.29 is 9.53 Å². The molecule has 1 fully saturated rings. The molecule has 0 N–H and O–H groups in total. The lowest BCUT2D eigenvalue weighted by molar-refractivity contribution is 0.100. The van der Waals surface area contributed by atoms with Crippen molar-refractivity contribution in [3.8, 4) is 0 Å². The van der Waals surface area contributed by atoms with Gasteiger partial charge in [0.05, 0.1) is 6.61 Å². The molecule has 3 heteroatoms. The van der Waals surface area contributed by atoms with Gasteiger partial charge in [-0.15, -0.1) is 0 Å². The Bertz CT molecular complexity index is 166. The first-order valence-electron chi connectivity index (χ1n) is 4.56. The topological polar surface area (TPSA) is 29.5 Å². The minimum absolute atomic E-state index is 0.197. The van der Waals surface area contributed by atoms with Gasteiger partial charge in [0.15, 0.2) is 0 Å². The van der Waals surface area contributed by atoms with Gasteiger partial charge in [0.25, 0.3) is 0 Å². The maximum Gasteiger partial charge on any atom is 0.409 e. The molecular formula is C9H17NO2. The highest BCUT2D eigenvalue weighted by Crippen LogP contribution is 2.34. The average Bonchev–Trinajstić information content (AvgIpc) is 2.84. The molecule has 0 aromatic heterocycles. The van der Waals surface area contributed by atoms with E-state index in [2.05, 4.69) is 6.92 Å². The van der Waals surface area contributed by atoms with E-state index in [0.29, 0.717) is 18.6 Å². The summed E-state index contributed by atoms with van der Waals surface area (Å²) < 4.78 is 4.89. The molecule has 1 amide bonds. The Balaban J connectivity index is 2.33. The van der Waals surface area contributed by atoms with E-state index in [4.69, 9.17) is 4.74 Å². The maximum absolute atomic E-state index is 11.2. The molecule has 0 radical (unpaired) electrons. The largest absolute Gasteiger partial charge is 0.450 e. The molecule has 12 heavy (non-hydrogen) atoms. The van der Waals surface area contributed by atoms with Gasteiger partial charge in [-0.2, -0.15) is 0 Å². The molecule has 70 valence electrons. The smallest absolute Gasteiger partial charge is 0.409 e. The van der Waals surface area contributed by atoms with Crippen molar-refractivity contribution in [3.05, 3.63) is 0 Å². The fourth-order valence-electron chi connectivity index (χ4n) is 1.29. The lowest BCUT2D eigenvalue weighted by atomic mass is 10.2. The summed E-state index contributed by atoms with van der Waals surface area (Å²) in [6.45, 7) is 4.36. The summed E-state index contributed by atoms with van der Waals surface area (Å²) in [5, 5.41) is 0. The van der Waals surface area contributed by atoms with Crippen LogP contribution >= 0.6 is 0 Å². The van der Waals surface area contributed by atoms with Crippen LogP contribution in [0.5, 0.6) is 0 Å². The van der Waals surface area contributed by atoms with E-state index in [0.717, 1.165) is 0 Å². The molecule has 1 aliphatic carbocycles. The molecule has 1 aliphatic rings. The van der Waals surface area contributed by atoms with Crippen molar-refractivity contribution in [1.29, 1.82) is 0 Å². The molecule has 0 aromatic carbocycles. The Morgan fingerprint density at radius 3 is 2.67 bits per heavy atom. The van der Waals surface area contributed by atoms with Gasteiger partial charge in [-0.25, -0.2) is 4.79 Å². The molecule has 1 saturated carbocycles. The van der Waals surface area contributed by atoms with E-state index in [9.17, 15) is 4.79 Å². The lowest BCUT2D eigenvalue weighted by Crippen LogP contribution is -2.36. The number of carbonyl (C=O) groups is 1. The van der Waals surface area contributed by atoms with Crippen LogP contribution in [0, 0.1) is 5.92 Å². The third kappa shape index (κ3) is 2.13. The molecule has 1 atom stereocenters. The fraction of sp³-hybridized carbons (Fsp3) is 0.889. The molecular weight excluding hydrogens is 154 g/mol. The summed E-state index contributed by atoms with van der Waals surface area (Å²) >= 11 is 0. The van der Waals surface area contributed by atoms with Crippen molar-refractivity contribution in [1.82, 2.24) is 4.90 Å². The number of hydrogen-bond donors (Lipinski definition) is 0. The van der Waals surface area contributed by atoms with Crippen molar-refractivity contribution in [3.63, 3.8) is 0 Å². The third-order valence-corrected chi connectivity index (χ3v) is 2.47. The van der Waals surface area contributed by atoms with Crippen LogP contribution in [-0.4, -0.2) is 30.7 Å². The Morgan fingerprint density at radius 2 is 2.25 bits per heavy atom. The van der Waals surface area contributed by atoms with Crippen LogP contribution in [0.4, 0.5) is 4.79 Å². The lowest BCUT2D eigenvalue weighted by Gasteiger charge is -2.23. The van der Waals surface area contributed by atoms with E-state index in [1.165, 1.54) is 12.8 Å².